The summed E-state index contributed by atoms with van der Waals surface area (Å²) in [5.74, 6) is -0.283. The molecule has 0 saturated carbocycles. The van der Waals surface area contributed by atoms with Crippen molar-refractivity contribution in [1.82, 2.24) is 4.72 Å². The molecule has 1 aromatic heterocycles. The zero-order valence-electron chi connectivity index (χ0n) is 14.2. The highest BCUT2D eigenvalue weighted by atomic mass is 32.2. The number of sulfonamides is 1. The summed E-state index contributed by atoms with van der Waals surface area (Å²) in [6, 6.07) is 12.7. The van der Waals surface area contributed by atoms with Crippen LogP contribution in [0.25, 0.3) is 11.0 Å². The van der Waals surface area contributed by atoms with Gasteiger partial charge in [-0.05, 0) is 30.3 Å². The molecule has 1 atom stereocenters. The summed E-state index contributed by atoms with van der Waals surface area (Å²) >= 11 is 0. The van der Waals surface area contributed by atoms with Crippen molar-refractivity contribution in [2.24, 2.45) is 0 Å². The van der Waals surface area contributed by atoms with Gasteiger partial charge in [-0.25, -0.2) is 17.5 Å². The molecule has 3 rings (SSSR count). The minimum atomic E-state index is -3.92. The average Bonchev–Trinajstić information content (AvgIpc) is 3.06. The van der Waals surface area contributed by atoms with Crippen molar-refractivity contribution in [1.29, 1.82) is 0 Å². The Kier molecular flexibility index (Phi) is 5.26. The molecule has 1 heterocycles. The van der Waals surface area contributed by atoms with Crippen LogP contribution < -0.4 is 9.46 Å². The number of rotatable bonds is 7. The molecule has 3 aromatic rings. The highest BCUT2D eigenvalue weighted by molar-refractivity contribution is 7.89. The first-order valence-corrected chi connectivity index (χ1v) is 9.27. The summed E-state index contributed by atoms with van der Waals surface area (Å²) in [6.07, 6.45) is -0.625. The van der Waals surface area contributed by atoms with Gasteiger partial charge in [-0.15, -0.1) is 0 Å². The number of fused-ring (bicyclic) bond motifs is 1. The largest absolute Gasteiger partial charge is 0.494 e. The predicted octanol–water partition coefficient (Wildman–Crippen LogP) is 3.25. The molecule has 0 radical (unpaired) electrons. The highest BCUT2D eigenvalue weighted by Crippen LogP contribution is 2.26. The molecule has 138 valence electrons. The monoisotopic (exact) mass is 379 g/mol. The third-order valence-electron chi connectivity index (χ3n) is 3.94. The predicted molar refractivity (Wildman–Crippen MR) is 94.1 cm³/mol. The molecular weight excluding hydrogens is 361 g/mol. The SMILES string of the molecule is COc1ccc(S(=O)(=O)NCC(OC)c2cc3ccccc3o2)cc1F. The summed E-state index contributed by atoms with van der Waals surface area (Å²) < 4.78 is 56.8. The fourth-order valence-electron chi connectivity index (χ4n) is 2.54. The Morgan fingerprint density at radius 1 is 1.15 bits per heavy atom. The zero-order chi connectivity index (χ0) is 18.7. The van der Waals surface area contributed by atoms with Gasteiger partial charge in [-0.2, -0.15) is 0 Å². The lowest BCUT2D eigenvalue weighted by Crippen LogP contribution is -2.29. The quantitative estimate of drug-likeness (QED) is 0.682. The van der Waals surface area contributed by atoms with Gasteiger partial charge in [0.1, 0.15) is 17.4 Å². The zero-order valence-corrected chi connectivity index (χ0v) is 15.0. The van der Waals surface area contributed by atoms with E-state index in [0.29, 0.717) is 11.3 Å². The normalized spacial score (nSPS) is 13.0. The molecule has 0 amide bonds. The van der Waals surface area contributed by atoms with Gasteiger partial charge < -0.3 is 13.9 Å². The molecule has 26 heavy (non-hydrogen) atoms. The molecule has 0 spiro atoms. The number of halogens is 1. The Labute approximate surface area is 150 Å². The van der Waals surface area contributed by atoms with Gasteiger partial charge in [0, 0.05) is 19.0 Å². The maximum Gasteiger partial charge on any atom is 0.240 e. The van der Waals surface area contributed by atoms with Crippen LogP contribution in [0.1, 0.15) is 11.9 Å². The van der Waals surface area contributed by atoms with E-state index in [1.165, 1.54) is 26.4 Å². The molecule has 1 unspecified atom stereocenters. The minimum Gasteiger partial charge on any atom is -0.494 e. The topological polar surface area (TPSA) is 77.8 Å². The van der Waals surface area contributed by atoms with Crippen molar-refractivity contribution in [2.75, 3.05) is 20.8 Å². The van der Waals surface area contributed by atoms with Crippen molar-refractivity contribution in [3.63, 3.8) is 0 Å². The number of methoxy groups -OCH3 is 2. The van der Waals surface area contributed by atoms with E-state index in [4.69, 9.17) is 13.9 Å². The lowest BCUT2D eigenvalue weighted by molar-refractivity contribution is 0.0893. The molecule has 2 aromatic carbocycles. The van der Waals surface area contributed by atoms with Crippen molar-refractivity contribution in [2.45, 2.75) is 11.0 Å². The molecular formula is C18H18FNO5S. The number of nitrogens with one attached hydrogen (secondary N) is 1. The van der Waals surface area contributed by atoms with E-state index in [9.17, 15) is 12.8 Å². The molecule has 0 aliphatic rings. The van der Waals surface area contributed by atoms with E-state index in [1.54, 1.807) is 6.07 Å². The number of furan rings is 1. The van der Waals surface area contributed by atoms with Gasteiger partial charge >= 0.3 is 0 Å². The first-order valence-electron chi connectivity index (χ1n) is 7.79. The van der Waals surface area contributed by atoms with Crippen molar-refractivity contribution in [3.05, 3.63) is 60.1 Å². The van der Waals surface area contributed by atoms with Crippen LogP contribution in [0.2, 0.25) is 0 Å². The Hall–Kier alpha value is -2.42. The van der Waals surface area contributed by atoms with Crippen LogP contribution in [0.3, 0.4) is 0 Å². The average molecular weight is 379 g/mol. The van der Waals surface area contributed by atoms with Crippen LogP contribution in [0, 0.1) is 5.82 Å². The van der Waals surface area contributed by atoms with Gasteiger partial charge in [0.2, 0.25) is 10.0 Å². The second-order valence-electron chi connectivity index (χ2n) is 5.56. The number of benzene rings is 2. The summed E-state index contributed by atoms with van der Waals surface area (Å²) in [5.41, 5.74) is 0.685. The van der Waals surface area contributed by atoms with Crippen LogP contribution in [0.5, 0.6) is 5.75 Å². The van der Waals surface area contributed by atoms with E-state index >= 15 is 0 Å². The number of para-hydroxylation sites is 1. The molecule has 0 aliphatic heterocycles. The van der Waals surface area contributed by atoms with Crippen molar-refractivity contribution < 1.29 is 26.7 Å². The maximum absolute atomic E-state index is 13.8. The van der Waals surface area contributed by atoms with Gasteiger partial charge in [0.25, 0.3) is 0 Å². The van der Waals surface area contributed by atoms with Gasteiger partial charge in [0.05, 0.1) is 12.0 Å². The fourth-order valence-corrected chi connectivity index (χ4v) is 3.59. The Morgan fingerprint density at radius 3 is 2.58 bits per heavy atom. The first kappa shape index (κ1) is 18.4. The number of hydrogen-bond donors (Lipinski definition) is 1. The van der Waals surface area contributed by atoms with Crippen LogP contribution in [-0.4, -0.2) is 29.2 Å². The molecule has 0 saturated heterocycles. The fraction of sp³-hybridized carbons (Fsp3) is 0.222. The summed E-state index contributed by atoms with van der Waals surface area (Å²) in [4.78, 5) is -0.199. The number of ether oxygens (including phenoxy) is 2. The van der Waals surface area contributed by atoms with Crippen LogP contribution in [0.15, 0.2) is 57.8 Å². The third kappa shape index (κ3) is 3.72. The lowest BCUT2D eigenvalue weighted by atomic mass is 10.2. The van der Waals surface area contributed by atoms with Crippen LogP contribution in [0.4, 0.5) is 4.39 Å². The molecule has 8 heteroatoms. The third-order valence-corrected chi connectivity index (χ3v) is 5.36. The summed E-state index contributed by atoms with van der Waals surface area (Å²) in [7, 11) is -1.15. The summed E-state index contributed by atoms with van der Waals surface area (Å²) in [6.45, 7) is -0.0632. The minimum absolute atomic E-state index is 0.0269. The van der Waals surface area contributed by atoms with Crippen LogP contribution >= 0.6 is 0 Å². The smallest absolute Gasteiger partial charge is 0.240 e. The second-order valence-corrected chi connectivity index (χ2v) is 7.33. The van der Waals surface area contributed by atoms with E-state index in [0.717, 1.165) is 11.5 Å². The van der Waals surface area contributed by atoms with E-state index < -0.39 is 21.9 Å². The standard InChI is InChI=1S/C18H18FNO5S/c1-23-16-8-7-13(10-14(16)19)26(21,22)20-11-18(24-2)17-9-12-5-3-4-6-15(12)25-17/h3-10,18,20H,11H2,1-2H3. The second kappa shape index (κ2) is 7.45. The van der Waals surface area contributed by atoms with Crippen molar-refractivity contribution >= 4 is 21.0 Å². The molecule has 1 N–H and O–H groups in total. The molecule has 6 nitrogen and oxygen atoms in total. The van der Waals surface area contributed by atoms with E-state index in [2.05, 4.69) is 4.72 Å². The Balaban J connectivity index is 1.77. The van der Waals surface area contributed by atoms with Crippen LogP contribution in [-0.2, 0) is 14.8 Å². The first-order chi connectivity index (χ1) is 12.4. The van der Waals surface area contributed by atoms with Gasteiger partial charge in [-0.3, -0.25) is 0 Å². The molecule has 0 fully saturated rings. The van der Waals surface area contributed by atoms with Gasteiger partial charge in [-0.1, -0.05) is 18.2 Å². The summed E-state index contributed by atoms with van der Waals surface area (Å²) in [5, 5.41) is 0.893. The number of hydrogen-bond acceptors (Lipinski definition) is 5. The van der Waals surface area contributed by atoms with E-state index in [1.807, 2.05) is 24.3 Å². The molecule has 0 aliphatic carbocycles. The highest BCUT2D eigenvalue weighted by Gasteiger charge is 2.21. The maximum atomic E-state index is 13.8. The lowest BCUT2D eigenvalue weighted by Gasteiger charge is -2.14. The Morgan fingerprint density at radius 2 is 1.92 bits per heavy atom. The molecule has 0 bridgehead atoms. The van der Waals surface area contributed by atoms with Gasteiger partial charge in [0.15, 0.2) is 11.6 Å². The Bertz CT molecular complexity index is 982. The van der Waals surface area contributed by atoms with E-state index in [-0.39, 0.29) is 17.2 Å². The van der Waals surface area contributed by atoms with Crippen molar-refractivity contribution in [3.8, 4) is 5.75 Å².